The number of hydrogen-bond donors (Lipinski definition) is 2. The fourth-order valence-electron chi connectivity index (χ4n) is 3.40. The van der Waals surface area contributed by atoms with Gasteiger partial charge in [0, 0.05) is 28.6 Å². The van der Waals surface area contributed by atoms with Gasteiger partial charge in [0.15, 0.2) is 0 Å². The number of ether oxygens (including phenoxy) is 1. The van der Waals surface area contributed by atoms with Crippen LogP contribution in [0.25, 0.3) is 33.1 Å². The van der Waals surface area contributed by atoms with Crippen LogP contribution >= 0.6 is 0 Å². The minimum Gasteiger partial charge on any atom is -0.494 e. The molecule has 1 amide bonds. The van der Waals surface area contributed by atoms with E-state index in [-0.39, 0.29) is 11.8 Å². The molecular formula is C23H18N4O3. The molecule has 2 aromatic carbocycles. The van der Waals surface area contributed by atoms with Gasteiger partial charge in [-0.1, -0.05) is 23.4 Å². The van der Waals surface area contributed by atoms with Crippen molar-refractivity contribution in [1.29, 1.82) is 0 Å². The molecular weight excluding hydrogens is 380 g/mol. The molecule has 0 saturated heterocycles. The number of H-pyrrole nitrogens is 1. The van der Waals surface area contributed by atoms with Crippen LogP contribution in [0.1, 0.15) is 17.4 Å². The normalized spacial score (nSPS) is 11.1. The van der Waals surface area contributed by atoms with Crippen LogP contribution in [0.5, 0.6) is 5.75 Å². The van der Waals surface area contributed by atoms with E-state index in [0.717, 1.165) is 33.1 Å². The van der Waals surface area contributed by atoms with Crippen molar-refractivity contribution in [3.63, 3.8) is 0 Å². The van der Waals surface area contributed by atoms with Crippen LogP contribution in [-0.4, -0.2) is 27.6 Å². The first-order valence-electron chi connectivity index (χ1n) is 9.59. The van der Waals surface area contributed by atoms with E-state index in [1.54, 1.807) is 18.3 Å². The van der Waals surface area contributed by atoms with E-state index < -0.39 is 0 Å². The van der Waals surface area contributed by atoms with Crippen molar-refractivity contribution >= 4 is 33.6 Å². The van der Waals surface area contributed by atoms with Gasteiger partial charge in [-0.15, -0.1) is 0 Å². The largest absolute Gasteiger partial charge is 0.494 e. The summed E-state index contributed by atoms with van der Waals surface area (Å²) in [6.07, 6.45) is 1.74. The Hall–Kier alpha value is -4.13. The minimum absolute atomic E-state index is 0.269. The van der Waals surface area contributed by atoms with Crippen molar-refractivity contribution in [2.45, 2.75) is 6.92 Å². The Morgan fingerprint density at radius 3 is 2.77 bits per heavy atom. The molecule has 2 N–H and O–H groups in total. The van der Waals surface area contributed by atoms with Crippen LogP contribution in [-0.2, 0) is 0 Å². The topological polar surface area (TPSA) is 93.0 Å². The number of pyridine rings is 1. The molecule has 30 heavy (non-hydrogen) atoms. The number of aromatic nitrogens is 3. The number of rotatable bonds is 5. The molecule has 5 aromatic rings. The van der Waals surface area contributed by atoms with Gasteiger partial charge in [0.25, 0.3) is 5.91 Å². The van der Waals surface area contributed by atoms with Crippen LogP contribution < -0.4 is 10.1 Å². The highest BCUT2D eigenvalue weighted by molar-refractivity contribution is 6.10. The SMILES string of the molecule is CCOc1ccc(-c2cc(NC(=O)c3cc4ccc5cccnc5c4[nH]3)on2)cc1. The van der Waals surface area contributed by atoms with Gasteiger partial charge >= 0.3 is 0 Å². The molecule has 3 heterocycles. The molecule has 7 nitrogen and oxygen atoms in total. The quantitative estimate of drug-likeness (QED) is 0.433. The molecule has 0 spiro atoms. The first kappa shape index (κ1) is 17.9. The Bertz CT molecular complexity index is 1350. The number of nitrogens with one attached hydrogen (secondary N) is 2. The van der Waals surface area contributed by atoms with Gasteiger partial charge in [-0.2, -0.15) is 0 Å². The number of hydrogen-bond acceptors (Lipinski definition) is 5. The lowest BCUT2D eigenvalue weighted by molar-refractivity contribution is 0.102. The summed E-state index contributed by atoms with van der Waals surface area (Å²) in [6.45, 7) is 2.55. The molecule has 0 aliphatic rings. The molecule has 0 fully saturated rings. The standard InChI is InChI=1S/C23H18N4O3/c1-2-29-17-9-7-14(8-10-17)18-13-20(30-27-18)26-23(28)19-12-16-6-5-15-4-3-11-24-21(15)22(16)25-19/h3-13,25H,2H2,1H3,(H,26,28). The summed E-state index contributed by atoms with van der Waals surface area (Å²) in [5, 5.41) is 8.71. The highest BCUT2D eigenvalue weighted by Crippen LogP contribution is 2.26. The molecule has 5 rings (SSSR count). The zero-order chi connectivity index (χ0) is 20.5. The van der Waals surface area contributed by atoms with Crippen molar-refractivity contribution in [3.05, 3.63) is 72.6 Å². The van der Waals surface area contributed by atoms with E-state index in [4.69, 9.17) is 9.26 Å². The second-order valence-electron chi connectivity index (χ2n) is 6.78. The zero-order valence-corrected chi connectivity index (χ0v) is 16.2. The average molecular weight is 398 g/mol. The van der Waals surface area contributed by atoms with Gasteiger partial charge in [0.2, 0.25) is 5.88 Å². The number of fused-ring (bicyclic) bond motifs is 3. The maximum Gasteiger partial charge on any atom is 0.274 e. The van der Waals surface area contributed by atoms with Gasteiger partial charge in [-0.05, 0) is 43.3 Å². The predicted molar refractivity (Wildman–Crippen MR) is 115 cm³/mol. The van der Waals surface area contributed by atoms with Gasteiger partial charge in [-0.25, -0.2) is 0 Å². The molecule has 0 atom stereocenters. The highest BCUT2D eigenvalue weighted by Gasteiger charge is 2.15. The molecule has 3 aromatic heterocycles. The summed E-state index contributed by atoms with van der Waals surface area (Å²) >= 11 is 0. The van der Waals surface area contributed by atoms with Crippen molar-refractivity contribution in [3.8, 4) is 17.0 Å². The van der Waals surface area contributed by atoms with Crippen molar-refractivity contribution in [2.75, 3.05) is 11.9 Å². The van der Waals surface area contributed by atoms with Gasteiger partial charge in [0.05, 0.1) is 17.6 Å². The molecule has 0 bridgehead atoms. The summed E-state index contributed by atoms with van der Waals surface area (Å²) in [5.41, 5.74) is 3.56. The van der Waals surface area contributed by atoms with Crippen molar-refractivity contribution in [1.82, 2.24) is 15.1 Å². The Kier molecular flexibility index (Phi) is 4.40. The van der Waals surface area contributed by atoms with E-state index >= 15 is 0 Å². The molecule has 0 aliphatic carbocycles. The molecule has 0 radical (unpaired) electrons. The monoisotopic (exact) mass is 398 g/mol. The van der Waals surface area contributed by atoms with E-state index in [1.165, 1.54) is 0 Å². The number of anilines is 1. The summed E-state index contributed by atoms with van der Waals surface area (Å²) in [6, 6.07) is 18.8. The minimum atomic E-state index is -0.315. The number of nitrogens with zero attached hydrogens (tertiary/aromatic N) is 2. The smallest absolute Gasteiger partial charge is 0.274 e. The second-order valence-corrected chi connectivity index (χ2v) is 6.78. The summed E-state index contributed by atoms with van der Waals surface area (Å²) in [5.74, 6) is 0.745. The van der Waals surface area contributed by atoms with Crippen molar-refractivity contribution in [2.24, 2.45) is 0 Å². The highest BCUT2D eigenvalue weighted by atomic mass is 16.5. The summed E-state index contributed by atoms with van der Waals surface area (Å²) in [7, 11) is 0. The number of amides is 1. The molecule has 148 valence electrons. The molecule has 7 heteroatoms. The third-order valence-electron chi connectivity index (χ3n) is 4.82. The maximum atomic E-state index is 12.7. The Balaban J connectivity index is 1.37. The second kappa shape index (κ2) is 7.36. The lowest BCUT2D eigenvalue weighted by Crippen LogP contribution is -2.11. The average Bonchev–Trinajstić information content (AvgIpc) is 3.42. The maximum absolute atomic E-state index is 12.7. The van der Waals surface area contributed by atoms with Crippen LogP contribution in [0.4, 0.5) is 5.88 Å². The number of carbonyl (C=O) groups is 1. The van der Waals surface area contributed by atoms with Crippen LogP contribution in [0, 0.1) is 0 Å². The van der Waals surface area contributed by atoms with Crippen molar-refractivity contribution < 1.29 is 14.1 Å². The number of aromatic amines is 1. The third kappa shape index (κ3) is 3.26. The Morgan fingerprint density at radius 1 is 1.10 bits per heavy atom. The van der Waals surface area contributed by atoms with E-state index in [1.807, 2.05) is 55.5 Å². The van der Waals surface area contributed by atoms with Crippen LogP contribution in [0.3, 0.4) is 0 Å². The number of benzene rings is 2. The predicted octanol–water partition coefficient (Wildman–Crippen LogP) is 5.02. The van der Waals surface area contributed by atoms with Gasteiger partial charge in [-0.3, -0.25) is 15.1 Å². The molecule has 0 aliphatic heterocycles. The zero-order valence-electron chi connectivity index (χ0n) is 16.2. The van der Waals surface area contributed by atoms with Crippen LogP contribution in [0.2, 0.25) is 0 Å². The lowest BCUT2D eigenvalue weighted by atomic mass is 10.1. The van der Waals surface area contributed by atoms with Gasteiger partial charge in [0.1, 0.15) is 17.1 Å². The van der Waals surface area contributed by atoms with E-state index in [2.05, 4.69) is 20.4 Å². The lowest BCUT2D eigenvalue weighted by Gasteiger charge is -2.02. The fourth-order valence-corrected chi connectivity index (χ4v) is 3.40. The van der Waals surface area contributed by atoms with Gasteiger partial charge < -0.3 is 14.2 Å². The summed E-state index contributed by atoms with van der Waals surface area (Å²) < 4.78 is 10.7. The molecule has 0 saturated carbocycles. The number of carbonyl (C=O) groups excluding carboxylic acids is 1. The van der Waals surface area contributed by atoms with E-state index in [0.29, 0.717) is 18.0 Å². The van der Waals surface area contributed by atoms with E-state index in [9.17, 15) is 4.79 Å². The third-order valence-corrected chi connectivity index (χ3v) is 4.82. The molecule has 0 unspecified atom stereocenters. The first-order valence-corrected chi connectivity index (χ1v) is 9.59. The summed E-state index contributed by atoms with van der Waals surface area (Å²) in [4.78, 5) is 20.3. The first-order chi connectivity index (χ1) is 14.7. The van der Waals surface area contributed by atoms with Crippen LogP contribution in [0.15, 0.2) is 71.4 Å². The Morgan fingerprint density at radius 2 is 1.93 bits per heavy atom. The Labute approximate surface area is 171 Å². The fraction of sp³-hybridized carbons (Fsp3) is 0.0870.